The second kappa shape index (κ2) is 7.67. The molecule has 0 amide bonds. The van der Waals surface area contributed by atoms with Crippen LogP contribution in [0.25, 0.3) is 0 Å². The van der Waals surface area contributed by atoms with Crippen LogP contribution in [0.4, 0.5) is 5.69 Å². The standard InChI is InChI=1S/C18H27N3S2/c1-6-19-16(22)21-11-18(4,5)12-23-17(21)20-15-10-8-7-9-14(15)13(2)3/h7-10,13H,6,11-12H2,1-5H3,(H,19,22). The smallest absolute Gasteiger partial charge is 0.175 e. The van der Waals surface area contributed by atoms with Crippen LogP contribution in [-0.2, 0) is 0 Å². The van der Waals surface area contributed by atoms with Crippen LogP contribution in [0, 0.1) is 5.41 Å². The van der Waals surface area contributed by atoms with Crippen molar-refractivity contribution in [2.45, 2.75) is 40.5 Å². The molecule has 1 heterocycles. The number of thioether (sulfide) groups is 1. The fourth-order valence-corrected chi connectivity index (χ4v) is 4.00. The Kier molecular flexibility index (Phi) is 6.09. The third kappa shape index (κ3) is 4.70. The zero-order valence-corrected chi connectivity index (χ0v) is 16.4. The molecule has 0 radical (unpaired) electrons. The van der Waals surface area contributed by atoms with Gasteiger partial charge >= 0.3 is 0 Å². The molecule has 2 rings (SSSR count). The molecule has 0 aliphatic carbocycles. The summed E-state index contributed by atoms with van der Waals surface area (Å²) < 4.78 is 0. The lowest BCUT2D eigenvalue weighted by atomic mass is 9.96. The summed E-state index contributed by atoms with van der Waals surface area (Å²) in [7, 11) is 0. The van der Waals surface area contributed by atoms with E-state index in [4.69, 9.17) is 17.2 Å². The van der Waals surface area contributed by atoms with E-state index in [-0.39, 0.29) is 5.41 Å². The molecular weight excluding hydrogens is 322 g/mol. The Hall–Kier alpha value is -1.07. The second-order valence-electron chi connectivity index (χ2n) is 6.98. The number of para-hydroxylation sites is 1. The van der Waals surface area contributed by atoms with Crippen LogP contribution in [0.5, 0.6) is 0 Å². The highest BCUT2D eigenvalue weighted by Crippen LogP contribution is 2.34. The van der Waals surface area contributed by atoms with Crippen LogP contribution in [0.3, 0.4) is 0 Å². The molecule has 1 aromatic carbocycles. The van der Waals surface area contributed by atoms with E-state index in [0.717, 1.165) is 34.8 Å². The Morgan fingerprint density at radius 2 is 2.09 bits per heavy atom. The molecular formula is C18H27N3S2. The molecule has 3 nitrogen and oxygen atoms in total. The topological polar surface area (TPSA) is 27.6 Å². The van der Waals surface area contributed by atoms with Gasteiger partial charge in [-0.1, -0.05) is 57.7 Å². The summed E-state index contributed by atoms with van der Waals surface area (Å²) in [6, 6.07) is 8.39. The van der Waals surface area contributed by atoms with Gasteiger partial charge in [-0.15, -0.1) is 0 Å². The summed E-state index contributed by atoms with van der Waals surface area (Å²) in [6.45, 7) is 12.8. The number of hydrogen-bond acceptors (Lipinski definition) is 3. The van der Waals surface area contributed by atoms with Gasteiger partial charge in [0.1, 0.15) is 0 Å². The Morgan fingerprint density at radius 1 is 1.39 bits per heavy atom. The van der Waals surface area contributed by atoms with Crippen molar-refractivity contribution in [1.29, 1.82) is 0 Å². The monoisotopic (exact) mass is 349 g/mol. The van der Waals surface area contributed by atoms with Crippen LogP contribution in [0.2, 0.25) is 0 Å². The van der Waals surface area contributed by atoms with E-state index in [1.165, 1.54) is 5.56 Å². The number of nitrogens with one attached hydrogen (secondary N) is 1. The van der Waals surface area contributed by atoms with Crippen LogP contribution in [0.1, 0.15) is 46.1 Å². The van der Waals surface area contributed by atoms with Gasteiger partial charge in [0, 0.05) is 18.8 Å². The predicted octanol–water partition coefficient (Wildman–Crippen LogP) is 4.77. The Balaban J connectivity index is 2.37. The number of aliphatic imine (C=N–C) groups is 1. The molecule has 0 saturated carbocycles. The Labute approximate surface area is 149 Å². The fraction of sp³-hybridized carbons (Fsp3) is 0.556. The maximum Gasteiger partial charge on any atom is 0.175 e. The van der Waals surface area contributed by atoms with Crippen molar-refractivity contribution in [1.82, 2.24) is 10.2 Å². The van der Waals surface area contributed by atoms with Gasteiger partial charge in [0.25, 0.3) is 0 Å². The highest BCUT2D eigenvalue weighted by molar-refractivity contribution is 8.14. The molecule has 1 aliphatic heterocycles. The summed E-state index contributed by atoms with van der Waals surface area (Å²) in [5.74, 6) is 1.51. The summed E-state index contributed by atoms with van der Waals surface area (Å²) >= 11 is 7.37. The Bertz CT molecular complexity index is 594. The first-order valence-corrected chi connectivity index (χ1v) is 9.59. The molecule has 1 aromatic rings. The van der Waals surface area contributed by atoms with Crippen molar-refractivity contribution >= 4 is 39.9 Å². The molecule has 0 aromatic heterocycles. The van der Waals surface area contributed by atoms with Gasteiger partial charge in [-0.25, -0.2) is 4.99 Å². The van der Waals surface area contributed by atoms with Crippen molar-refractivity contribution < 1.29 is 0 Å². The lowest BCUT2D eigenvalue weighted by Crippen LogP contribution is -2.50. The van der Waals surface area contributed by atoms with Crippen molar-refractivity contribution in [2.75, 3.05) is 18.8 Å². The molecule has 1 N–H and O–H groups in total. The van der Waals surface area contributed by atoms with E-state index in [2.05, 4.69) is 69.1 Å². The minimum absolute atomic E-state index is 0.223. The van der Waals surface area contributed by atoms with Gasteiger partial charge in [0.05, 0.1) is 5.69 Å². The third-order valence-corrected chi connectivity index (χ3v) is 5.62. The first-order chi connectivity index (χ1) is 10.8. The number of nitrogens with zero attached hydrogens (tertiary/aromatic N) is 2. The quantitative estimate of drug-likeness (QED) is 0.796. The zero-order chi connectivity index (χ0) is 17.0. The molecule has 1 saturated heterocycles. The second-order valence-corrected chi connectivity index (χ2v) is 8.31. The van der Waals surface area contributed by atoms with Crippen LogP contribution < -0.4 is 5.32 Å². The van der Waals surface area contributed by atoms with E-state index in [1.54, 1.807) is 11.8 Å². The van der Waals surface area contributed by atoms with Crippen LogP contribution in [-0.4, -0.2) is 34.0 Å². The van der Waals surface area contributed by atoms with E-state index >= 15 is 0 Å². The number of amidine groups is 1. The Morgan fingerprint density at radius 3 is 2.74 bits per heavy atom. The lowest BCUT2D eigenvalue weighted by Gasteiger charge is -2.39. The maximum atomic E-state index is 5.57. The fourth-order valence-electron chi connectivity index (χ4n) is 2.56. The van der Waals surface area contributed by atoms with Gasteiger partial charge in [-0.05, 0) is 42.1 Å². The molecule has 1 aliphatic rings. The zero-order valence-electron chi connectivity index (χ0n) is 14.7. The van der Waals surface area contributed by atoms with Crippen LogP contribution in [0.15, 0.2) is 29.3 Å². The van der Waals surface area contributed by atoms with Gasteiger partial charge in [-0.2, -0.15) is 0 Å². The molecule has 0 bridgehead atoms. The maximum absolute atomic E-state index is 5.57. The molecule has 1 fully saturated rings. The number of hydrogen-bond donors (Lipinski definition) is 1. The summed E-state index contributed by atoms with van der Waals surface area (Å²) in [6.07, 6.45) is 0. The first-order valence-electron chi connectivity index (χ1n) is 8.20. The molecule has 5 heteroatoms. The van der Waals surface area contributed by atoms with Crippen LogP contribution >= 0.6 is 24.0 Å². The molecule has 0 atom stereocenters. The van der Waals surface area contributed by atoms with Gasteiger partial charge in [0.15, 0.2) is 10.3 Å². The third-order valence-electron chi connectivity index (χ3n) is 3.76. The average Bonchev–Trinajstić information content (AvgIpc) is 2.49. The summed E-state index contributed by atoms with van der Waals surface area (Å²) in [5, 5.41) is 5.04. The number of rotatable bonds is 3. The highest BCUT2D eigenvalue weighted by atomic mass is 32.2. The predicted molar refractivity (Wildman–Crippen MR) is 107 cm³/mol. The average molecular weight is 350 g/mol. The SMILES string of the molecule is CCNC(=S)N1CC(C)(C)CSC1=Nc1ccccc1C(C)C. The van der Waals surface area contributed by atoms with Crippen molar-refractivity contribution in [3.8, 4) is 0 Å². The van der Waals surface area contributed by atoms with Gasteiger partial charge in [0.2, 0.25) is 0 Å². The van der Waals surface area contributed by atoms with Crippen molar-refractivity contribution in [2.24, 2.45) is 10.4 Å². The summed E-state index contributed by atoms with van der Waals surface area (Å²) in [4.78, 5) is 7.12. The minimum atomic E-state index is 0.223. The summed E-state index contributed by atoms with van der Waals surface area (Å²) in [5.41, 5.74) is 2.55. The largest absolute Gasteiger partial charge is 0.363 e. The van der Waals surface area contributed by atoms with E-state index in [0.29, 0.717) is 5.92 Å². The molecule has 23 heavy (non-hydrogen) atoms. The van der Waals surface area contributed by atoms with E-state index in [1.807, 2.05) is 0 Å². The van der Waals surface area contributed by atoms with E-state index < -0.39 is 0 Å². The van der Waals surface area contributed by atoms with E-state index in [9.17, 15) is 0 Å². The van der Waals surface area contributed by atoms with Gasteiger partial charge < -0.3 is 5.32 Å². The normalized spacial score (nSPS) is 19.2. The molecule has 0 spiro atoms. The number of benzene rings is 1. The molecule has 126 valence electrons. The molecule has 0 unspecified atom stereocenters. The highest BCUT2D eigenvalue weighted by Gasteiger charge is 2.32. The lowest BCUT2D eigenvalue weighted by molar-refractivity contribution is 0.342. The number of thiocarbonyl (C=S) groups is 1. The first kappa shape index (κ1) is 18.3. The van der Waals surface area contributed by atoms with Crippen molar-refractivity contribution in [3.05, 3.63) is 29.8 Å². The minimum Gasteiger partial charge on any atom is -0.363 e. The van der Waals surface area contributed by atoms with Gasteiger partial charge in [-0.3, -0.25) is 4.90 Å². The van der Waals surface area contributed by atoms with Crippen molar-refractivity contribution in [3.63, 3.8) is 0 Å².